The summed E-state index contributed by atoms with van der Waals surface area (Å²) < 4.78 is 51.6. The van der Waals surface area contributed by atoms with Crippen LogP contribution in [0.2, 0.25) is 0 Å². The van der Waals surface area contributed by atoms with Gasteiger partial charge in [0.1, 0.15) is 0 Å². The first-order valence-corrected chi connectivity index (χ1v) is 12.5. The Hall–Kier alpha value is -2.43. The quantitative estimate of drug-likeness (QED) is 0.766. The summed E-state index contributed by atoms with van der Waals surface area (Å²) in [6.45, 7) is 5.20. The van der Waals surface area contributed by atoms with Crippen molar-refractivity contribution >= 4 is 37.3 Å². The maximum atomic E-state index is 13.5. The number of amides is 1. The zero-order valence-electron chi connectivity index (χ0n) is 16.9. The maximum Gasteiger partial charge on any atom is 0.264 e. The van der Waals surface area contributed by atoms with Gasteiger partial charge in [-0.1, -0.05) is 0 Å². The van der Waals surface area contributed by atoms with Gasteiger partial charge >= 0.3 is 0 Å². The number of carbonyl (C=O) groups is 1. The highest BCUT2D eigenvalue weighted by atomic mass is 32.2. The fraction of sp³-hybridized carbons (Fsp3) is 0.350. The molecule has 160 valence electrons. The lowest BCUT2D eigenvalue weighted by Gasteiger charge is -2.25. The number of hydrogen-bond acceptors (Lipinski definition) is 5. The van der Waals surface area contributed by atoms with Crippen LogP contribution in [-0.2, 0) is 37.7 Å². The number of sulfonamides is 2. The van der Waals surface area contributed by atoms with Crippen molar-refractivity contribution in [3.63, 3.8) is 0 Å². The zero-order valence-corrected chi connectivity index (χ0v) is 18.5. The van der Waals surface area contributed by atoms with E-state index in [0.717, 1.165) is 11.3 Å². The second-order valence-corrected chi connectivity index (χ2v) is 11.3. The van der Waals surface area contributed by atoms with Crippen LogP contribution in [0.1, 0.15) is 31.9 Å². The predicted molar refractivity (Wildman–Crippen MR) is 113 cm³/mol. The normalized spacial score (nSPS) is 20.9. The number of anilines is 2. The van der Waals surface area contributed by atoms with Crippen molar-refractivity contribution in [3.8, 4) is 0 Å². The molecular weight excluding hydrogens is 426 g/mol. The van der Waals surface area contributed by atoms with Crippen LogP contribution in [0.25, 0.3) is 0 Å². The lowest BCUT2D eigenvalue weighted by molar-refractivity contribution is -0.116. The van der Waals surface area contributed by atoms with E-state index in [1.807, 2.05) is 6.92 Å². The van der Waals surface area contributed by atoms with Gasteiger partial charge in [0, 0.05) is 24.7 Å². The average molecular weight is 450 g/mol. The summed E-state index contributed by atoms with van der Waals surface area (Å²) in [4.78, 5) is 13.7. The molecule has 0 fully saturated rings. The Morgan fingerprint density at radius 3 is 2.07 bits per heavy atom. The summed E-state index contributed by atoms with van der Waals surface area (Å²) in [6.07, 6.45) is 0.972. The van der Waals surface area contributed by atoms with Crippen LogP contribution in [0, 0.1) is 0 Å². The first-order valence-electron chi connectivity index (χ1n) is 9.54. The number of hydrogen-bond donors (Lipinski definition) is 1. The molecule has 2 aliphatic heterocycles. The van der Waals surface area contributed by atoms with E-state index in [-0.39, 0.29) is 27.8 Å². The zero-order chi connectivity index (χ0) is 22.0. The average Bonchev–Trinajstić information content (AvgIpc) is 3.14. The molecule has 0 spiro atoms. The lowest BCUT2D eigenvalue weighted by Crippen LogP contribution is -2.35. The summed E-state index contributed by atoms with van der Waals surface area (Å²) in [5.41, 5.74) is 2.63. The summed E-state index contributed by atoms with van der Waals surface area (Å²) in [5.74, 6) is -0.0791. The Balaban J connectivity index is 1.76. The van der Waals surface area contributed by atoms with Crippen molar-refractivity contribution in [2.24, 2.45) is 5.14 Å². The number of carbonyl (C=O) groups excluding carboxylic acids is 1. The molecule has 2 aromatic rings. The van der Waals surface area contributed by atoms with Crippen LogP contribution < -0.4 is 14.3 Å². The molecule has 2 heterocycles. The Bertz CT molecular complexity index is 1270. The molecule has 0 bridgehead atoms. The number of nitrogens with two attached hydrogens (primary N) is 1. The summed E-state index contributed by atoms with van der Waals surface area (Å²) in [6, 6.07) is 8.68. The highest BCUT2D eigenvalue weighted by molar-refractivity contribution is 7.93. The molecule has 0 saturated heterocycles. The Morgan fingerprint density at radius 1 is 0.900 bits per heavy atom. The molecular formula is C20H23N3O5S2. The molecule has 10 heteroatoms. The number of fused-ring (bicyclic) bond motifs is 2. The highest BCUT2D eigenvalue weighted by Gasteiger charge is 2.38. The third-order valence-electron chi connectivity index (χ3n) is 5.70. The van der Waals surface area contributed by atoms with Crippen molar-refractivity contribution in [1.82, 2.24) is 0 Å². The van der Waals surface area contributed by atoms with E-state index in [0.29, 0.717) is 24.1 Å². The Labute approximate surface area is 176 Å². The van der Waals surface area contributed by atoms with E-state index in [1.165, 1.54) is 35.5 Å². The van der Waals surface area contributed by atoms with Crippen molar-refractivity contribution in [3.05, 3.63) is 47.5 Å². The first-order chi connectivity index (χ1) is 13.9. The van der Waals surface area contributed by atoms with E-state index in [4.69, 9.17) is 5.14 Å². The Kier molecular flexibility index (Phi) is 4.72. The fourth-order valence-electron chi connectivity index (χ4n) is 4.48. The lowest BCUT2D eigenvalue weighted by atomic mass is 10.1. The minimum atomic E-state index is -3.88. The van der Waals surface area contributed by atoms with E-state index >= 15 is 0 Å². The molecule has 8 nitrogen and oxygen atoms in total. The molecule has 0 unspecified atom stereocenters. The van der Waals surface area contributed by atoms with Crippen LogP contribution in [-0.4, -0.2) is 34.8 Å². The molecule has 2 atom stereocenters. The smallest absolute Gasteiger partial charge is 0.264 e. The van der Waals surface area contributed by atoms with Gasteiger partial charge in [0.2, 0.25) is 15.9 Å². The van der Waals surface area contributed by atoms with Gasteiger partial charge in [0.25, 0.3) is 10.0 Å². The van der Waals surface area contributed by atoms with Gasteiger partial charge in [0.05, 0.1) is 15.5 Å². The molecule has 0 aliphatic carbocycles. The van der Waals surface area contributed by atoms with Crippen molar-refractivity contribution < 1.29 is 21.6 Å². The number of benzene rings is 2. The highest BCUT2D eigenvalue weighted by Crippen LogP contribution is 2.40. The molecule has 2 aromatic carbocycles. The van der Waals surface area contributed by atoms with Crippen molar-refractivity contribution in [1.29, 1.82) is 0 Å². The van der Waals surface area contributed by atoms with Crippen molar-refractivity contribution in [2.75, 3.05) is 9.21 Å². The second-order valence-electron chi connectivity index (χ2n) is 7.92. The standard InChI is InChI=1S/C20H23N3O5S2/c1-12-8-15-11-18(5-6-19(15)22(12)14(3)24)30(27,28)23-13(2)9-16-10-17(29(21,25)26)4-7-20(16)23/h4-7,10-13H,8-9H2,1-3H3,(H2,21,25,26)/t12-,13-/m0/s1. The molecule has 30 heavy (non-hydrogen) atoms. The first kappa shape index (κ1) is 20.8. The van der Waals surface area contributed by atoms with Crippen molar-refractivity contribution in [2.45, 2.75) is 55.5 Å². The summed E-state index contributed by atoms with van der Waals surface area (Å²) in [7, 11) is -7.75. The van der Waals surface area contributed by atoms with Gasteiger partial charge in [-0.15, -0.1) is 0 Å². The van der Waals surface area contributed by atoms with Gasteiger partial charge < -0.3 is 4.90 Å². The molecule has 2 aliphatic rings. The summed E-state index contributed by atoms with van der Waals surface area (Å²) in [5, 5.41) is 5.21. The van der Waals surface area contributed by atoms with Crippen LogP contribution in [0.15, 0.2) is 46.2 Å². The minimum absolute atomic E-state index is 0.0291. The van der Waals surface area contributed by atoms with Gasteiger partial charge in [0.15, 0.2) is 0 Å². The third kappa shape index (κ3) is 3.19. The van der Waals surface area contributed by atoms with Crippen LogP contribution >= 0.6 is 0 Å². The Morgan fingerprint density at radius 2 is 1.43 bits per heavy atom. The largest absolute Gasteiger partial charge is 0.309 e. The predicted octanol–water partition coefficient (Wildman–Crippen LogP) is 1.77. The van der Waals surface area contributed by atoms with Gasteiger partial charge in [-0.05, 0) is 74.2 Å². The topological polar surface area (TPSA) is 118 Å². The SMILES string of the molecule is CC(=O)N1c2ccc(S(=O)(=O)N3c4ccc(S(N)(=O)=O)cc4C[C@@H]3C)cc2C[C@@H]1C. The van der Waals surface area contributed by atoms with Crippen LogP contribution in [0.3, 0.4) is 0 Å². The third-order valence-corrected chi connectivity index (χ3v) is 8.53. The monoisotopic (exact) mass is 449 g/mol. The number of rotatable bonds is 3. The van der Waals surface area contributed by atoms with E-state index in [2.05, 4.69) is 0 Å². The molecule has 0 aromatic heterocycles. The van der Waals surface area contributed by atoms with Crippen LogP contribution in [0.4, 0.5) is 11.4 Å². The minimum Gasteiger partial charge on any atom is -0.309 e. The number of nitrogens with zero attached hydrogens (tertiary/aromatic N) is 2. The van der Waals surface area contributed by atoms with E-state index in [9.17, 15) is 21.6 Å². The van der Waals surface area contributed by atoms with Gasteiger partial charge in [-0.25, -0.2) is 22.0 Å². The fourth-order valence-corrected chi connectivity index (χ4v) is 6.79. The molecule has 1 amide bonds. The molecule has 4 rings (SSSR count). The van der Waals surface area contributed by atoms with Crippen LogP contribution in [0.5, 0.6) is 0 Å². The van der Waals surface area contributed by atoms with Gasteiger partial charge in [-0.2, -0.15) is 0 Å². The summed E-state index contributed by atoms with van der Waals surface area (Å²) >= 11 is 0. The number of primary sulfonamides is 1. The van der Waals surface area contributed by atoms with E-state index < -0.39 is 20.0 Å². The molecule has 0 radical (unpaired) electrons. The second kappa shape index (κ2) is 6.79. The van der Waals surface area contributed by atoms with E-state index in [1.54, 1.807) is 24.0 Å². The molecule has 0 saturated carbocycles. The molecule has 2 N–H and O–H groups in total. The maximum absolute atomic E-state index is 13.5. The van der Waals surface area contributed by atoms with Gasteiger partial charge in [-0.3, -0.25) is 9.10 Å².